The Morgan fingerprint density at radius 3 is 2.65 bits per heavy atom. The molecule has 1 aliphatic heterocycles. The highest BCUT2D eigenvalue weighted by molar-refractivity contribution is 7.90. The second kappa shape index (κ2) is 8.88. The molecule has 0 spiro atoms. The molecule has 0 aliphatic carbocycles. The maximum absolute atomic E-state index is 12.1. The van der Waals surface area contributed by atoms with Gasteiger partial charge in [0.15, 0.2) is 9.84 Å². The Kier molecular flexibility index (Phi) is 6.20. The van der Waals surface area contributed by atoms with Crippen molar-refractivity contribution in [3.8, 4) is 17.0 Å². The molecular weight excluding hydrogens is 414 g/mol. The Labute approximate surface area is 182 Å². The summed E-state index contributed by atoms with van der Waals surface area (Å²) in [5, 5.41) is 0.723. The number of pyridine rings is 1. The second-order valence-electron chi connectivity index (χ2n) is 8.35. The Morgan fingerprint density at radius 2 is 1.94 bits per heavy atom. The average Bonchev–Trinajstić information content (AvgIpc) is 2.73. The molecule has 31 heavy (non-hydrogen) atoms. The van der Waals surface area contributed by atoms with Crippen LogP contribution in [0.4, 0.5) is 0 Å². The average molecular weight is 442 g/mol. The Bertz CT molecular complexity index is 1190. The summed E-state index contributed by atoms with van der Waals surface area (Å²) < 4.78 is 35.7. The monoisotopic (exact) mass is 441 g/mol. The first-order chi connectivity index (χ1) is 14.8. The lowest BCUT2D eigenvalue weighted by molar-refractivity contribution is 0.0244. The van der Waals surface area contributed by atoms with Crippen molar-refractivity contribution in [3.63, 3.8) is 0 Å². The predicted octanol–water partition coefficient (Wildman–Crippen LogP) is 3.85. The smallest absolute Gasteiger partial charge is 0.224 e. The van der Waals surface area contributed by atoms with E-state index in [-0.39, 0.29) is 11.0 Å². The van der Waals surface area contributed by atoms with E-state index in [9.17, 15) is 8.42 Å². The van der Waals surface area contributed by atoms with E-state index in [2.05, 4.69) is 23.8 Å². The van der Waals surface area contributed by atoms with Gasteiger partial charge in [0, 0.05) is 43.5 Å². The minimum atomic E-state index is -3.33. The van der Waals surface area contributed by atoms with Gasteiger partial charge in [0.1, 0.15) is 11.9 Å². The molecule has 4 rings (SSSR count). The van der Waals surface area contributed by atoms with E-state index in [0.717, 1.165) is 41.6 Å². The number of hydrogen-bond acceptors (Lipinski definition) is 7. The molecule has 164 valence electrons. The topological polar surface area (TPSA) is 91.3 Å². The van der Waals surface area contributed by atoms with Gasteiger partial charge in [0.2, 0.25) is 5.88 Å². The molecule has 0 bridgehead atoms. The number of aromatic nitrogens is 3. The highest BCUT2D eigenvalue weighted by Crippen LogP contribution is 2.33. The van der Waals surface area contributed by atoms with Gasteiger partial charge in [-0.1, -0.05) is 26.0 Å². The summed E-state index contributed by atoms with van der Waals surface area (Å²) in [6.07, 6.45) is 7.10. The van der Waals surface area contributed by atoms with E-state index in [0.29, 0.717) is 30.5 Å². The van der Waals surface area contributed by atoms with E-state index >= 15 is 0 Å². The summed E-state index contributed by atoms with van der Waals surface area (Å²) >= 11 is 0. The van der Waals surface area contributed by atoms with Crippen LogP contribution in [-0.2, 0) is 21.0 Å². The molecular formula is C23H27N3O4S. The molecule has 0 atom stereocenters. The molecule has 1 fully saturated rings. The summed E-state index contributed by atoms with van der Waals surface area (Å²) in [6.45, 7) is 5.59. The van der Waals surface area contributed by atoms with Crippen LogP contribution in [0.25, 0.3) is 22.0 Å². The number of sulfone groups is 1. The van der Waals surface area contributed by atoms with Gasteiger partial charge in [-0.25, -0.2) is 23.4 Å². The van der Waals surface area contributed by atoms with E-state index in [4.69, 9.17) is 14.5 Å². The Morgan fingerprint density at radius 1 is 1.16 bits per heavy atom. The summed E-state index contributed by atoms with van der Waals surface area (Å²) in [5.74, 6) is 1.65. The third-order valence-corrected chi connectivity index (χ3v) is 6.36. The highest BCUT2D eigenvalue weighted by atomic mass is 32.2. The van der Waals surface area contributed by atoms with Crippen LogP contribution in [0.3, 0.4) is 0 Å². The normalized spacial score (nSPS) is 15.5. The lowest BCUT2D eigenvalue weighted by Crippen LogP contribution is -2.26. The van der Waals surface area contributed by atoms with Crippen LogP contribution in [0.5, 0.6) is 5.88 Å². The largest absolute Gasteiger partial charge is 0.474 e. The van der Waals surface area contributed by atoms with Crippen LogP contribution in [0.15, 0.2) is 41.6 Å². The SMILES string of the molecule is CC(C)Cc1ncc2c(OC3CCOCC3)ncc(-c3cccc(S(C)(=O)=O)c3)c2n1. The van der Waals surface area contributed by atoms with Crippen LogP contribution >= 0.6 is 0 Å². The first-order valence-corrected chi connectivity index (χ1v) is 12.4. The number of hydrogen-bond donors (Lipinski definition) is 0. The molecule has 1 aliphatic rings. The number of ether oxygens (including phenoxy) is 2. The summed E-state index contributed by atoms with van der Waals surface area (Å²) in [4.78, 5) is 14.2. The van der Waals surface area contributed by atoms with Crippen LogP contribution in [0.2, 0.25) is 0 Å². The van der Waals surface area contributed by atoms with Crippen molar-refractivity contribution in [2.45, 2.75) is 44.1 Å². The zero-order valence-electron chi connectivity index (χ0n) is 18.0. The standard InChI is InChI=1S/C23H27N3O4S/c1-15(2)11-21-24-14-20-22(26-21)19(16-5-4-6-18(12-16)31(3,27)28)13-25-23(20)30-17-7-9-29-10-8-17/h4-6,12-15,17H,7-11H2,1-3H3. The minimum Gasteiger partial charge on any atom is -0.474 e. The Balaban J connectivity index is 1.83. The minimum absolute atomic E-state index is 0.0409. The van der Waals surface area contributed by atoms with Crippen molar-refractivity contribution in [3.05, 3.63) is 42.5 Å². The number of nitrogens with zero attached hydrogens (tertiary/aromatic N) is 3. The van der Waals surface area contributed by atoms with Gasteiger partial charge < -0.3 is 9.47 Å². The summed E-state index contributed by atoms with van der Waals surface area (Å²) in [6, 6.07) is 6.86. The van der Waals surface area contributed by atoms with E-state index in [1.165, 1.54) is 6.26 Å². The highest BCUT2D eigenvalue weighted by Gasteiger charge is 2.20. The van der Waals surface area contributed by atoms with Gasteiger partial charge in [-0.15, -0.1) is 0 Å². The molecule has 1 aromatic carbocycles. The molecule has 0 saturated carbocycles. The number of fused-ring (bicyclic) bond motifs is 1. The van der Waals surface area contributed by atoms with Gasteiger partial charge in [0.05, 0.1) is 29.0 Å². The molecule has 2 aromatic heterocycles. The molecule has 0 amide bonds. The van der Waals surface area contributed by atoms with E-state index in [1.54, 1.807) is 30.6 Å². The second-order valence-corrected chi connectivity index (χ2v) is 10.4. The van der Waals surface area contributed by atoms with Crippen LogP contribution in [-0.4, -0.2) is 48.9 Å². The molecule has 0 unspecified atom stereocenters. The maximum Gasteiger partial charge on any atom is 0.224 e. The van der Waals surface area contributed by atoms with Gasteiger partial charge in [-0.05, 0) is 23.6 Å². The molecule has 0 radical (unpaired) electrons. The Hall–Kier alpha value is -2.58. The first kappa shape index (κ1) is 21.6. The lowest BCUT2D eigenvalue weighted by Gasteiger charge is -2.23. The number of rotatable bonds is 6. The lowest BCUT2D eigenvalue weighted by atomic mass is 10.0. The van der Waals surface area contributed by atoms with Gasteiger partial charge in [0.25, 0.3) is 0 Å². The van der Waals surface area contributed by atoms with Crippen molar-refractivity contribution >= 4 is 20.7 Å². The molecule has 0 N–H and O–H groups in total. The molecule has 1 saturated heterocycles. The third-order valence-electron chi connectivity index (χ3n) is 5.25. The zero-order chi connectivity index (χ0) is 22.0. The molecule has 3 heterocycles. The predicted molar refractivity (Wildman–Crippen MR) is 119 cm³/mol. The number of benzene rings is 1. The summed E-state index contributed by atoms with van der Waals surface area (Å²) in [5.41, 5.74) is 2.22. The van der Waals surface area contributed by atoms with Crippen LogP contribution < -0.4 is 4.74 Å². The van der Waals surface area contributed by atoms with Gasteiger partial charge in [-0.2, -0.15) is 0 Å². The fourth-order valence-corrected chi connectivity index (χ4v) is 4.32. The van der Waals surface area contributed by atoms with Gasteiger partial charge >= 0.3 is 0 Å². The summed E-state index contributed by atoms with van der Waals surface area (Å²) in [7, 11) is -3.33. The molecule has 7 nitrogen and oxygen atoms in total. The first-order valence-electron chi connectivity index (χ1n) is 10.5. The van der Waals surface area contributed by atoms with Crippen molar-refractivity contribution in [1.82, 2.24) is 15.0 Å². The van der Waals surface area contributed by atoms with Crippen molar-refractivity contribution < 1.29 is 17.9 Å². The fraction of sp³-hybridized carbons (Fsp3) is 0.435. The van der Waals surface area contributed by atoms with Gasteiger partial charge in [-0.3, -0.25) is 0 Å². The van der Waals surface area contributed by atoms with Crippen molar-refractivity contribution in [2.24, 2.45) is 5.92 Å². The van der Waals surface area contributed by atoms with E-state index < -0.39 is 9.84 Å². The van der Waals surface area contributed by atoms with Crippen LogP contribution in [0, 0.1) is 5.92 Å². The van der Waals surface area contributed by atoms with Crippen LogP contribution in [0.1, 0.15) is 32.5 Å². The quantitative estimate of drug-likeness (QED) is 0.574. The fourth-order valence-electron chi connectivity index (χ4n) is 3.65. The maximum atomic E-state index is 12.1. The van der Waals surface area contributed by atoms with Crippen molar-refractivity contribution in [2.75, 3.05) is 19.5 Å². The zero-order valence-corrected chi connectivity index (χ0v) is 18.9. The van der Waals surface area contributed by atoms with E-state index in [1.807, 2.05) is 6.07 Å². The molecule has 3 aromatic rings. The molecule has 8 heteroatoms. The van der Waals surface area contributed by atoms with Crippen molar-refractivity contribution in [1.29, 1.82) is 0 Å². The third kappa shape index (κ3) is 5.02.